The Labute approximate surface area is 493 Å². The average molecular weight is 1140 g/mol. The molecule has 0 bridgehead atoms. The fourth-order valence-electron chi connectivity index (χ4n) is 8.79. The third-order valence-electron chi connectivity index (χ3n) is 13.8. The van der Waals surface area contributed by atoms with Gasteiger partial charge in [-0.05, 0) is 103 Å². The Morgan fingerprint density at radius 3 is 1.07 bits per heavy atom. The molecule has 0 spiro atoms. The summed E-state index contributed by atoms with van der Waals surface area (Å²) in [6, 6.07) is 0. The van der Waals surface area contributed by atoms with Gasteiger partial charge < -0.3 is 27.9 Å². The van der Waals surface area contributed by atoms with Gasteiger partial charge in [0, 0.05) is 12.8 Å². The number of hydrogen-bond donors (Lipinski definition) is 0. The van der Waals surface area contributed by atoms with E-state index in [9.17, 15) is 19.0 Å². The van der Waals surface area contributed by atoms with E-state index in [4.69, 9.17) is 18.5 Å². The third-order valence-corrected chi connectivity index (χ3v) is 14.7. The first-order chi connectivity index (χ1) is 39.0. The van der Waals surface area contributed by atoms with E-state index in [-0.39, 0.29) is 26.1 Å². The summed E-state index contributed by atoms with van der Waals surface area (Å²) in [6.07, 6.45) is 84.5. The van der Waals surface area contributed by atoms with Gasteiger partial charge in [-0.3, -0.25) is 14.2 Å². The fraction of sp³-hybridized carbons (Fsp3) is 0.714. The number of carbonyl (C=O) groups excluding carboxylic acids is 2. The van der Waals surface area contributed by atoms with E-state index in [1.54, 1.807) is 0 Å². The number of quaternary nitrogens is 1. The molecule has 0 aromatic heterocycles. The zero-order chi connectivity index (χ0) is 58.4. The smallest absolute Gasteiger partial charge is 0.306 e. The molecule has 2 atom stereocenters. The Kier molecular flexibility index (Phi) is 57.8. The Morgan fingerprint density at radius 2 is 0.713 bits per heavy atom. The predicted molar refractivity (Wildman–Crippen MR) is 342 cm³/mol. The highest BCUT2D eigenvalue weighted by Crippen LogP contribution is 2.38. The monoisotopic (exact) mass is 1140 g/mol. The summed E-state index contributed by atoms with van der Waals surface area (Å²) < 4.78 is 34.2. The van der Waals surface area contributed by atoms with Crippen molar-refractivity contribution in [1.82, 2.24) is 0 Å². The number of unbranched alkanes of at least 4 members (excludes halogenated alkanes) is 27. The molecule has 0 N–H and O–H groups in total. The summed E-state index contributed by atoms with van der Waals surface area (Å²) in [5.74, 6) is -0.840. The molecule has 0 radical (unpaired) electrons. The molecular formula is C70H122NO8P. The first-order valence-electron chi connectivity index (χ1n) is 32.6. The second-order valence-electron chi connectivity index (χ2n) is 22.7. The van der Waals surface area contributed by atoms with E-state index in [0.717, 1.165) is 109 Å². The van der Waals surface area contributed by atoms with E-state index in [2.05, 4.69) is 123 Å². The summed E-state index contributed by atoms with van der Waals surface area (Å²) >= 11 is 0. The van der Waals surface area contributed by atoms with Gasteiger partial charge in [0.05, 0.1) is 27.7 Å². The molecule has 0 aromatic carbocycles. The average Bonchev–Trinajstić information content (AvgIpc) is 3.42. The van der Waals surface area contributed by atoms with Crippen molar-refractivity contribution in [3.8, 4) is 0 Å². The van der Waals surface area contributed by atoms with Crippen LogP contribution in [-0.4, -0.2) is 70.0 Å². The zero-order valence-corrected chi connectivity index (χ0v) is 53.1. The van der Waals surface area contributed by atoms with Crippen LogP contribution in [0.25, 0.3) is 0 Å². The molecule has 0 heterocycles. The van der Waals surface area contributed by atoms with E-state index in [1.165, 1.54) is 128 Å². The van der Waals surface area contributed by atoms with E-state index in [1.807, 2.05) is 21.1 Å². The van der Waals surface area contributed by atoms with E-state index < -0.39 is 32.5 Å². The number of phosphoric acid groups is 1. The van der Waals surface area contributed by atoms with Crippen LogP contribution in [0.5, 0.6) is 0 Å². The lowest BCUT2D eigenvalue weighted by Gasteiger charge is -2.28. The maximum absolute atomic E-state index is 12.8. The Balaban J connectivity index is 3.99. The first-order valence-corrected chi connectivity index (χ1v) is 34.1. The van der Waals surface area contributed by atoms with Crippen LogP contribution in [0, 0.1) is 0 Å². The topological polar surface area (TPSA) is 111 Å². The third kappa shape index (κ3) is 63.8. The Morgan fingerprint density at radius 1 is 0.400 bits per heavy atom. The number of rotatable bonds is 59. The summed E-state index contributed by atoms with van der Waals surface area (Å²) in [6.45, 7) is 4.12. The van der Waals surface area contributed by atoms with Gasteiger partial charge in [0.25, 0.3) is 7.82 Å². The predicted octanol–water partition coefficient (Wildman–Crippen LogP) is 20.3. The molecule has 0 aliphatic carbocycles. The number of allylic oxidation sites excluding steroid dienone is 18. The van der Waals surface area contributed by atoms with Crippen molar-refractivity contribution >= 4 is 19.8 Å². The van der Waals surface area contributed by atoms with Crippen LogP contribution < -0.4 is 4.89 Å². The lowest BCUT2D eigenvalue weighted by Crippen LogP contribution is -2.37. The maximum Gasteiger partial charge on any atom is 0.306 e. The van der Waals surface area contributed by atoms with Crippen molar-refractivity contribution in [2.24, 2.45) is 0 Å². The molecule has 0 fully saturated rings. The van der Waals surface area contributed by atoms with Crippen molar-refractivity contribution in [1.29, 1.82) is 0 Å². The molecule has 80 heavy (non-hydrogen) atoms. The van der Waals surface area contributed by atoms with E-state index >= 15 is 0 Å². The molecule has 2 unspecified atom stereocenters. The second-order valence-corrected chi connectivity index (χ2v) is 24.2. The summed E-state index contributed by atoms with van der Waals surface area (Å²) in [5.41, 5.74) is 0. The molecule has 0 saturated heterocycles. The van der Waals surface area contributed by atoms with Gasteiger partial charge >= 0.3 is 11.9 Å². The number of nitrogens with zero attached hydrogens (tertiary/aromatic N) is 1. The number of phosphoric ester groups is 1. The van der Waals surface area contributed by atoms with Crippen LogP contribution in [-0.2, 0) is 32.7 Å². The van der Waals surface area contributed by atoms with Crippen LogP contribution in [0.15, 0.2) is 109 Å². The van der Waals surface area contributed by atoms with Gasteiger partial charge in [0.1, 0.15) is 19.8 Å². The Hall–Kier alpha value is -3.33. The highest BCUT2D eigenvalue weighted by atomic mass is 31.2. The summed E-state index contributed by atoms with van der Waals surface area (Å²) in [5, 5.41) is 0. The second kappa shape index (κ2) is 60.3. The summed E-state index contributed by atoms with van der Waals surface area (Å²) in [4.78, 5) is 37.9. The lowest BCUT2D eigenvalue weighted by molar-refractivity contribution is -0.870. The van der Waals surface area contributed by atoms with Gasteiger partial charge in [0.15, 0.2) is 6.10 Å². The van der Waals surface area contributed by atoms with Crippen LogP contribution in [0.3, 0.4) is 0 Å². The van der Waals surface area contributed by atoms with Crippen LogP contribution in [0.1, 0.15) is 271 Å². The molecule has 9 nitrogen and oxygen atoms in total. The highest BCUT2D eigenvalue weighted by molar-refractivity contribution is 7.45. The number of likely N-dealkylation sites (N-methyl/N-ethyl adjacent to an activating group) is 1. The highest BCUT2D eigenvalue weighted by Gasteiger charge is 2.22. The quantitative estimate of drug-likeness (QED) is 0.0195. The SMILES string of the molecule is CC/C=C\C/C=C\C/C=C\C/C=C\C/C=C\C/C=C\C/C=C\C/C=C\CCCCCCCCCCCCCCCCCCC(=O)OC(COC(=O)CCCCCCC/C=C\CCCCCCCC)COP(=O)([O-])OCC[N+](C)(C)C. The minimum atomic E-state index is -4.64. The van der Waals surface area contributed by atoms with Gasteiger partial charge in [0.2, 0.25) is 0 Å². The van der Waals surface area contributed by atoms with Gasteiger partial charge in [-0.2, -0.15) is 0 Å². The number of ether oxygens (including phenoxy) is 2. The van der Waals surface area contributed by atoms with Gasteiger partial charge in [-0.25, -0.2) is 0 Å². The van der Waals surface area contributed by atoms with Crippen molar-refractivity contribution in [2.75, 3.05) is 47.5 Å². The van der Waals surface area contributed by atoms with Crippen LogP contribution in [0.2, 0.25) is 0 Å². The Bertz CT molecular complexity index is 1720. The number of hydrogen-bond acceptors (Lipinski definition) is 8. The van der Waals surface area contributed by atoms with Crippen molar-refractivity contribution in [3.05, 3.63) is 109 Å². The van der Waals surface area contributed by atoms with Gasteiger partial charge in [-0.15, -0.1) is 0 Å². The van der Waals surface area contributed by atoms with E-state index in [0.29, 0.717) is 17.4 Å². The molecule has 0 rings (SSSR count). The molecule has 0 aliphatic rings. The molecule has 460 valence electrons. The maximum atomic E-state index is 12.8. The zero-order valence-electron chi connectivity index (χ0n) is 52.2. The van der Waals surface area contributed by atoms with Crippen molar-refractivity contribution < 1.29 is 42.1 Å². The molecule has 0 aliphatic heterocycles. The molecule has 0 amide bonds. The molecule has 0 aromatic rings. The summed E-state index contributed by atoms with van der Waals surface area (Å²) in [7, 11) is 1.16. The number of esters is 2. The van der Waals surface area contributed by atoms with Crippen LogP contribution in [0.4, 0.5) is 0 Å². The molecule has 0 saturated carbocycles. The molecule has 10 heteroatoms. The minimum Gasteiger partial charge on any atom is -0.756 e. The molecular weight excluding hydrogens is 1010 g/mol. The fourth-order valence-corrected chi connectivity index (χ4v) is 9.51. The number of carbonyl (C=O) groups is 2. The van der Waals surface area contributed by atoms with Crippen LogP contribution >= 0.6 is 7.82 Å². The normalized spacial score (nSPS) is 13.9. The largest absolute Gasteiger partial charge is 0.756 e. The standard InChI is InChI=1S/C70H122NO8P/c1-6-8-10-12-14-16-18-20-22-23-24-25-26-27-28-29-30-31-32-33-34-35-36-37-38-39-40-41-42-43-44-45-46-47-49-51-53-55-57-59-61-63-70(73)79-68(67-78-80(74,75)77-65-64-71(3,4)5)66-76-69(72)62-60-58-56-54-52-50-48-21-19-17-15-13-11-9-7-2/h8,10,14,16,20-22,24-25,27-28,30-31,33-34,36-37,48,68H,6-7,9,11-13,15,17-19,23,26,29,32,35,38-47,49-67H2,1-5H3/b10-8-,16-14-,22-20-,25-24-,28-27-,31-30-,34-33-,37-36-,48-21-. The minimum absolute atomic E-state index is 0.0344. The first kappa shape index (κ1) is 76.7. The van der Waals surface area contributed by atoms with Gasteiger partial charge in [-0.1, -0.05) is 264 Å². The van der Waals surface area contributed by atoms with Crippen molar-refractivity contribution in [2.45, 2.75) is 277 Å². The lowest BCUT2D eigenvalue weighted by atomic mass is 10.0. The van der Waals surface area contributed by atoms with Crippen molar-refractivity contribution in [3.63, 3.8) is 0 Å².